The highest BCUT2D eigenvalue weighted by atomic mass is 31.2. The Labute approximate surface area is 347 Å². The molecule has 4 unspecified atom stereocenters. The molecule has 58 heavy (non-hydrogen) atoms. The largest absolute Gasteiger partial charge is 0.472 e. The number of rotatable bonds is 39. The number of hydrogen-bond donors (Lipinski definition) is 6. The van der Waals surface area contributed by atoms with Crippen LogP contribution in [0.4, 0.5) is 0 Å². The molecule has 0 heterocycles. The minimum absolute atomic E-state index is 0.0940. The number of phosphoric acid groups is 2. The smallest absolute Gasteiger partial charge is 0.462 e. The summed E-state index contributed by atoms with van der Waals surface area (Å²) in [6.45, 7) is 3.67. The third-order valence-electron chi connectivity index (χ3n) is 9.26. The van der Waals surface area contributed by atoms with Gasteiger partial charge >= 0.3 is 27.6 Å². The van der Waals surface area contributed by atoms with Gasteiger partial charge in [-0.15, -0.1) is 0 Å². The summed E-state index contributed by atoms with van der Waals surface area (Å²) in [6.07, 6.45) is 24.7. The molecule has 0 amide bonds. The summed E-state index contributed by atoms with van der Waals surface area (Å²) < 4.78 is 47.5. The fourth-order valence-corrected chi connectivity index (χ4v) is 6.64. The molecule has 0 rings (SSSR count). The maximum absolute atomic E-state index is 12.7. The molecular formula is C41H76O15P2. The number of carbonyl (C=O) groups excluding carboxylic acids is 2. The summed E-state index contributed by atoms with van der Waals surface area (Å²) in [4.78, 5) is 52.7. The molecule has 0 saturated heterocycles. The Balaban J connectivity index is 4.80. The lowest BCUT2D eigenvalue weighted by molar-refractivity contribution is -0.161. The molecule has 6 N–H and O–H groups in total. The highest BCUT2D eigenvalue weighted by Gasteiger charge is 2.28. The summed E-state index contributed by atoms with van der Waals surface area (Å²) in [7, 11) is -9.78. The van der Waals surface area contributed by atoms with E-state index in [0.29, 0.717) is 12.8 Å². The minimum Gasteiger partial charge on any atom is -0.462 e. The fourth-order valence-electron chi connectivity index (χ4n) is 5.48. The van der Waals surface area contributed by atoms with E-state index in [2.05, 4.69) is 48.0 Å². The van der Waals surface area contributed by atoms with Gasteiger partial charge in [0.1, 0.15) is 12.7 Å². The van der Waals surface area contributed by atoms with Crippen molar-refractivity contribution in [2.75, 3.05) is 26.4 Å². The van der Waals surface area contributed by atoms with Crippen LogP contribution in [0.25, 0.3) is 0 Å². The molecule has 0 bridgehead atoms. The summed E-state index contributed by atoms with van der Waals surface area (Å²) in [5, 5.41) is 30.5. The first-order chi connectivity index (χ1) is 27.6. The number of unbranched alkanes of at least 4 members (excludes halogenated alkanes) is 10. The number of aliphatic hydroxyl groups is 3. The van der Waals surface area contributed by atoms with E-state index in [9.17, 15) is 38.9 Å². The van der Waals surface area contributed by atoms with E-state index in [1.165, 1.54) is 51.4 Å². The lowest BCUT2D eigenvalue weighted by atomic mass is 9.99. The predicted molar refractivity (Wildman–Crippen MR) is 223 cm³/mol. The van der Waals surface area contributed by atoms with Gasteiger partial charge in [0.2, 0.25) is 0 Å². The summed E-state index contributed by atoms with van der Waals surface area (Å²) in [5.74, 6) is -0.542. The maximum Gasteiger partial charge on any atom is 0.472 e. The molecule has 0 spiro atoms. The Bertz CT molecular complexity index is 1220. The van der Waals surface area contributed by atoms with Crippen molar-refractivity contribution in [2.24, 2.45) is 5.92 Å². The molecule has 0 aromatic rings. The van der Waals surface area contributed by atoms with Crippen molar-refractivity contribution >= 4 is 27.6 Å². The zero-order valence-corrected chi connectivity index (χ0v) is 37.1. The highest BCUT2D eigenvalue weighted by Crippen LogP contribution is 2.43. The van der Waals surface area contributed by atoms with E-state index in [4.69, 9.17) is 23.8 Å². The summed E-state index contributed by atoms with van der Waals surface area (Å²) in [6, 6.07) is 0. The van der Waals surface area contributed by atoms with Gasteiger partial charge < -0.3 is 39.5 Å². The van der Waals surface area contributed by atoms with Crippen molar-refractivity contribution in [3.8, 4) is 0 Å². The molecular weight excluding hydrogens is 794 g/mol. The van der Waals surface area contributed by atoms with E-state index in [1.807, 2.05) is 12.2 Å². The quantitative estimate of drug-likeness (QED) is 0.0147. The second-order valence-corrected chi connectivity index (χ2v) is 17.5. The third kappa shape index (κ3) is 37.3. The normalized spacial score (nSPS) is 16.1. The second kappa shape index (κ2) is 36.0. The van der Waals surface area contributed by atoms with Crippen molar-refractivity contribution in [1.82, 2.24) is 0 Å². The zero-order chi connectivity index (χ0) is 43.5. The van der Waals surface area contributed by atoms with E-state index < -0.39 is 78.4 Å². The van der Waals surface area contributed by atoms with Gasteiger partial charge in [0.25, 0.3) is 0 Å². The number of hydrogen-bond acceptors (Lipinski definition) is 12. The van der Waals surface area contributed by atoms with Crippen LogP contribution in [-0.2, 0) is 41.8 Å². The molecule has 0 radical (unpaired) electrons. The topological polar surface area (TPSA) is 236 Å². The van der Waals surface area contributed by atoms with Gasteiger partial charge in [-0.05, 0) is 57.3 Å². The molecule has 0 aliphatic carbocycles. The Kier molecular flexibility index (Phi) is 34.9. The predicted octanol–water partition coefficient (Wildman–Crippen LogP) is 8.30. The maximum atomic E-state index is 12.7. The number of aliphatic hydroxyl groups excluding tert-OH is 3. The van der Waals surface area contributed by atoms with Crippen LogP contribution in [0.5, 0.6) is 0 Å². The minimum atomic E-state index is -4.89. The molecule has 17 heteroatoms. The molecule has 0 aromatic heterocycles. The van der Waals surface area contributed by atoms with Gasteiger partial charge in [-0.1, -0.05) is 128 Å². The third-order valence-corrected chi connectivity index (χ3v) is 10.7. The average molecular weight is 871 g/mol. The first kappa shape index (κ1) is 56.3. The summed E-state index contributed by atoms with van der Waals surface area (Å²) in [5.41, 5.74) is 0. The Hall–Kier alpha value is -1.74. The van der Waals surface area contributed by atoms with Crippen LogP contribution in [0, 0.1) is 5.92 Å². The fraction of sp³-hybridized carbons (Fsp3) is 0.805. The van der Waals surface area contributed by atoms with Gasteiger partial charge in [0.15, 0.2) is 6.10 Å². The van der Waals surface area contributed by atoms with Gasteiger partial charge in [0.05, 0.1) is 32.0 Å². The lowest BCUT2D eigenvalue weighted by Crippen LogP contribution is -2.30. The Morgan fingerprint density at radius 3 is 1.81 bits per heavy atom. The average Bonchev–Trinajstić information content (AvgIpc) is 3.17. The van der Waals surface area contributed by atoms with Crippen LogP contribution < -0.4 is 0 Å². The Morgan fingerprint density at radius 1 is 0.603 bits per heavy atom. The SMILES string of the molecule is CCCCC/C=C\C/C=C\C/C=C\CC(O)C(O)CCCC(=O)O[C@H](COC(=O)CCCCCCCCCCC(C)CC)COP(=O)(O)OC[C@@H](O)COP(=O)(O)O. The molecule has 6 atom stereocenters. The van der Waals surface area contributed by atoms with Crippen LogP contribution in [-0.4, -0.2) is 92.8 Å². The Morgan fingerprint density at radius 2 is 1.17 bits per heavy atom. The van der Waals surface area contributed by atoms with Crippen LogP contribution in [0.1, 0.15) is 156 Å². The van der Waals surface area contributed by atoms with Crippen LogP contribution in [0.3, 0.4) is 0 Å². The molecule has 0 saturated carbocycles. The standard InChI is InChI=1S/C41H76O15P2/c1-4-6-7-8-9-10-11-12-13-17-20-23-27-38(43)39(44)28-25-30-41(46)56-37(34-55-58(50,51)54-32-36(42)31-53-57(47,48)49)33-52-40(45)29-24-21-18-15-14-16-19-22-26-35(3)5-2/h9-10,12-13,20,23,35-39,42-44H,4-8,11,14-19,21-22,24-34H2,1-3H3,(H,50,51)(H2,47,48,49)/b10-9-,13-12-,23-20-/t35?,36-,37+,38?,39?/m0/s1. The van der Waals surface area contributed by atoms with E-state index in [-0.39, 0.29) is 32.1 Å². The summed E-state index contributed by atoms with van der Waals surface area (Å²) >= 11 is 0. The first-order valence-corrected chi connectivity index (χ1v) is 24.3. The second-order valence-electron chi connectivity index (χ2n) is 14.8. The van der Waals surface area contributed by atoms with Crippen molar-refractivity contribution < 1.29 is 71.8 Å². The zero-order valence-electron chi connectivity index (χ0n) is 35.3. The van der Waals surface area contributed by atoms with Crippen molar-refractivity contribution in [3.63, 3.8) is 0 Å². The van der Waals surface area contributed by atoms with Crippen LogP contribution >= 0.6 is 15.6 Å². The number of ether oxygens (including phenoxy) is 2. The number of carbonyl (C=O) groups is 2. The molecule has 0 aromatic carbocycles. The van der Waals surface area contributed by atoms with Crippen LogP contribution in [0.2, 0.25) is 0 Å². The molecule has 15 nitrogen and oxygen atoms in total. The van der Waals surface area contributed by atoms with Gasteiger partial charge in [-0.3, -0.25) is 23.2 Å². The van der Waals surface area contributed by atoms with E-state index in [0.717, 1.165) is 44.4 Å². The molecule has 0 fully saturated rings. The van der Waals surface area contributed by atoms with E-state index in [1.54, 1.807) is 6.08 Å². The number of esters is 2. The van der Waals surface area contributed by atoms with E-state index >= 15 is 0 Å². The molecule has 0 aliphatic rings. The van der Waals surface area contributed by atoms with Crippen LogP contribution in [0.15, 0.2) is 36.5 Å². The van der Waals surface area contributed by atoms with Crippen molar-refractivity contribution in [2.45, 2.75) is 180 Å². The molecule has 0 aliphatic heterocycles. The monoisotopic (exact) mass is 870 g/mol. The first-order valence-electron chi connectivity index (χ1n) is 21.2. The highest BCUT2D eigenvalue weighted by molar-refractivity contribution is 7.47. The lowest BCUT2D eigenvalue weighted by Gasteiger charge is -2.21. The number of allylic oxidation sites excluding steroid dienone is 5. The molecule has 340 valence electrons. The van der Waals surface area contributed by atoms with Crippen molar-refractivity contribution in [1.29, 1.82) is 0 Å². The van der Waals surface area contributed by atoms with Gasteiger partial charge in [-0.25, -0.2) is 9.13 Å². The number of phosphoric ester groups is 2. The van der Waals surface area contributed by atoms with Crippen molar-refractivity contribution in [3.05, 3.63) is 36.5 Å². The van der Waals surface area contributed by atoms with Gasteiger partial charge in [-0.2, -0.15) is 0 Å². The van der Waals surface area contributed by atoms with Gasteiger partial charge in [0, 0.05) is 12.8 Å².